The number of nitro benzene ring substituents is 1. The first-order valence-corrected chi connectivity index (χ1v) is 11.8. The van der Waals surface area contributed by atoms with Crippen LogP contribution in [0.2, 0.25) is 0 Å². The van der Waals surface area contributed by atoms with Crippen LogP contribution in [0.3, 0.4) is 0 Å². The lowest BCUT2D eigenvalue weighted by Crippen LogP contribution is -2.24. The summed E-state index contributed by atoms with van der Waals surface area (Å²) in [5.74, 6) is -0.425. The minimum atomic E-state index is -0.855. The molecule has 0 spiro atoms. The number of hydrogen-bond donors (Lipinski definition) is 1. The Labute approximate surface area is 222 Å². The number of ether oxygens (including phenoxy) is 3. The number of fused-ring (bicyclic) bond motifs is 1. The predicted molar refractivity (Wildman–Crippen MR) is 139 cm³/mol. The molecule has 0 aliphatic carbocycles. The summed E-state index contributed by atoms with van der Waals surface area (Å²) < 4.78 is 18.0. The zero-order valence-corrected chi connectivity index (χ0v) is 21.5. The van der Waals surface area contributed by atoms with E-state index in [2.05, 4.69) is 20.3 Å². The Hall–Kier alpha value is -5.07. The maximum atomic E-state index is 12.5. The van der Waals surface area contributed by atoms with E-state index in [1.54, 1.807) is 20.8 Å². The van der Waals surface area contributed by atoms with Crippen LogP contribution in [0.4, 0.5) is 16.4 Å². The largest absolute Gasteiger partial charge is 0.471 e. The fourth-order valence-electron chi connectivity index (χ4n) is 3.23. The second kappa shape index (κ2) is 11.5. The molecule has 1 N–H and O–H groups in total. The Balaban J connectivity index is 1.52. The Kier molecular flexibility index (Phi) is 7.98. The van der Waals surface area contributed by atoms with Crippen molar-refractivity contribution in [2.24, 2.45) is 5.41 Å². The summed E-state index contributed by atoms with van der Waals surface area (Å²) in [6.07, 6.45) is 0.577. The van der Waals surface area contributed by atoms with Crippen molar-refractivity contribution in [2.45, 2.75) is 40.7 Å². The number of non-ortho nitro benzene ring substituents is 1. The van der Waals surface area contributed by atoms with Crippen LogP contribution in [0.1, 0.15) is 31.9 Å². The van der Waals surface area contributed by atoms with Gasteiger partial charge in [-0.3, -0.25) is 24.8 Å². The van der Waals surface area contributed by atoms with E-state index in [4.69, 9.17) is 14.2 Å². The summed E-state index contributed by atoms with van der Waals surface area (Å²) >= 11 is 0. The van der Waals surface area contributed by atoms with Gasteiger partial charge in [0.15, 0.2) is 17.9 Å². The molecule has 0 saturated heterocycles. The molecule has 2 heterocycles. The van der Waals surface area contributed by atoms with Crippen molar-refractivity contribution in [2.75, 3.05) is 5.32 Å². The molecule has 0 fully saturated rings. The summed E-state index contributed by atoms with van der Waals surface area (Å²) in [5, 5.41) is 13.3. The molecule has 39 heavy (non-hydrogen) atoms. The van der Waals surface area contributed by atoms with Gasteiger partial charge in [0.1, 0.15) is 19.5 Å². The van der Waals surface area contributed by atoms with Crippen LogP contribution in [0.15, 0.2) is 60.9 Å². The second-order valence-corrected chi connectivity index (χ2v) is 9.45. The molecule has 0 aliphatic heterocycles. The molecule has 4 aromatic rings. The van der Waals surface area contributed by atoms with Gasteiger partial charge in [-0.2, -0.15) is 9.97 Å². The molecule has 1 amide bonds. The molecule has 2 aromatic carbocycles. The average Bonchev–Trinajstić information content (AvgIpc) is 3.32. The number of nitrogens with zero attached hydrogens (tertiary/aromatic N) is 5. The molecule has 13 heteroatoms. The van der Waals surface area contributed by atoms with Crippen LogP contribution in [-0.2, 0) is 34.2 Å². The summed E-state index contributed by atoms with van der Waals surface area (Å²) in [6.45, 7) is 5.11. The van der Waals surface area contributed by atoms with E-state index >= 15 is 0 Å². The van der Waals surface area contributed by atoms with Crippen molar-refractivity contribution >= 4 is 34.9 Å². The van der Waals surface area contributed by atoms with Crippen LogP contribution in [0, 0.1) is 15.5 Å². The first-order valence-electron chi connectivity index (χ1n) is 11.8. The third-order valence-electron chi connectivity index (χ3n) is 5.33. The fourth-order valence-corrected chi connectivity index (χ4v) is 3.23. The summed E-state index contributed by atoms with van der Waals surface area (Å²) in [4.78, 5) is 48.0. The first-order chi connectivity index (χ1) is 18.6. The highest BCUT2D eigenvalue weighted by Crippen LogP contribution is 2.25. The van der Waals surface area contributed by atoms with Crippen molar-refractivity contribution in [1.82, 2.24) is 19.5 Å². The van der Waals surface area contributed by atoms with Gasteiger partial charge in [0, 0.05) is 12.1 Å². The fraction of sp³-hybridized carbons (Fsp3) is 0.269. The molecule has 2 aromatic heterocycles. The monoisotopic (exact) mass is 534 g/mol. The number of carbonyl (C=O) groups excluding carboxylic acids is 2. The van der Waals surface area contributed by atoms with Gasteiger partial charge in [-0.05, 0) is 44.0 Å². The number of amides is 1. The van der Waals surface area contributed by atoms with Crippen LogP contribution in [0.25, 0.3) is 11.2 Å². The first kappa shape index (κ1) is 27.0. The highest BCUT2D eigenvalue weighted by molar-refractivity contribution is 5.85. The zero-order valence-electron chi connectivity index (χ0n) is 21.5. The molecule has 202 valence electrons. The van der Waals surface area contributed by atoms with Gasteiger partial charge in [-0.15, -0.1) is 0 Å². The number of hydrogen-bond acceptors (Lipinski definition) is 10. The number of nitro groups is 1. The molecular weight excluding hydrogens is 508 g/mol. The van der Waals surface area contributed by atoms with E-state index in [0.29, 0.717) is 11.1 Å². The van der Waals surface area contributed by atoms with Gasteiger partial charge >= 0.3 is 12.1 Å². The van der Waals surface area contributed by atoms with Crippen LogP contribution in [0.5, 0.6) is 5.88 Å². The van der Waals surface area contributed by atoms with Crippen molar-refractivity contribution in [3.8, 4) is 5.88 Å². The van der Waals surface area contributed by atoms with E-state index in [0.717, 1.165) is 5.56 Å². The number of carbonyl (C=O) groups is 2. The zero-order chi connectivity index (χ0) is 28.0. The lowest BCUT2D eigenvalue weighted by molar-refractivity contribution is -0.384. The summed E-state index contributed by atoms with van der Waals surface area (Å²) in [7, 11) is 0. The Morgan fingerprint density at radius 1 is 0.974 bits per heavy atom. The summed E-state index contributed by atoms with van der Waals surface area (Å²) in [6, 6.07) is 15.0. The number of aromatic nitrogens is 4. The number of anilines is 1. The highest BCUT2D eigenvalue weighted by atomic mass is 16.6. The maximum Gasteiger partial charge on any atom is 0.414 e. The highest BCUT2D eigenvalue weighted by Gasteiger charge is 2.24. The van der Waals surface area contributed by atoms with Crippen LogP contribution in [-0.4, -0.2) is 36.5 Å². The third-order valence-corrected chi connectivity index (χ3v) is 5.33. The van der Waals surface area contributed by atoms with E-state index < -0.39 is 22.4 Å². The smallest absolute Gasteiger partial charge is 0.414 e. The number of rotatable bonds is 9. The SMILES string of the molecule is CC(C)(C)C(=O)OCn1cnc2c(OCc3ccccc3)nc(NC(=O)OCc3ccc([N+](=O)[O-])cc3)nc21. The van der Waals surface area contributed by atoms with E-state index in [9.17, 15) is 19.7 Å². The molecule has 0 unspecified atom stereocenters. The number of benzene rings is 2. The molecule has 13 nitrogen and oxygen atoms in total. The van der Waals surface area contributed by atoms with Gasteiger partial charge in [0.2, 0.25) is 11.8 Å². The average molecular weight is 535 g/mol. The van der Waals surface area contributed by atoms with Gasteiger partial charge in [-0.25, -0.2) is 9.78 Å². The van der Waals surface area contributed by atoms with Crippen molar-refractivity contribution in [1.29, 1.82) is 0 Å². The minimum absolute atomic E-state index is 0.0715. The molecule has 0 saturated carbocycles. The molecule has 0 bridgehead atoms. The maximum absolute atomic E-state index is 12.5. The molecular formula is C26H26N6O7. The van der Waals surface area contributed by atoms with Gasteiger partial charge in [0.25, 0.3) is 5.69 Å². The van der Waals surface area contributed by atoms with Gasteiger partial charge in [0.05, 0.1) is 10.3 Å². The molecule has 0 atom stereocenters. The number of imidazole rings is 1. The Morgan fingerprint density at radius 3 is 2.33 bits per heavy atom. The van der Waals surface area contributed by atoms with E-state index in [-0.39, 0.29) is 43.1 Å². The lowest BCUT2D eigenvalue weighted by atomic mass is 9.98. The second-order valence-electron chi connectivity index (χ2n) is 9.45. The summed E-state index contributed by atoms with van der Waals surface area (Å²) in [5.41, 5.74) is 1.24. The molecule has 4 rings (SSSR count). The normalized spacial score (nSPS) is 11.2. The van der Waals surface area contributed by atoms with Gasteiger partial charge in [-0.1, -0.05) is 30.3 Å². The van der Waals surface area contributed by atoms with Crippen molar-refractivity contribution < 1.29 is 28.7 Å². The number of nitrogens with one attached hydrogen (secondary N) is 1. The number of esters is 1. The molecule has 0 aliphatic rings. The van der Waals surface area contributed by atoms with Crippen LogP contribution < -0.4 is 10.1 Å². The third kappa shape index (κ3) is 7.03. The quantitative estimate of drug-likeness (QED) is 0.182. The topological polar surface area (TPSA) is 161 Å². The van der Waals surface area contributed by atoms with Crippen molar-refractivity contribution in [3.63, 3.8) is 0 Å². The van der Waals surface area contributed by atoms with Gasteiger partial charge < -0.3 is 14.2 Å². The standard InChI is InChI=1S/C26H26N6O7/c1-26(2,3)23(33)39-16-31-15-27-20-21(31)28-24(29-22(20)37-13-17-7-5-4-6-8-17)30-25(34)38-14-18-9-11-19(12-10-18)32(35)36/h4-12,15H,13-14,16H2,1-3H3,(H,28,29,30,34). The van der Waals surface area contributed by atoms with E-state index in [1.165, 1.54) is 35.2 Å². The van der Waals surface area contributed by atoms with E-state index in [1.807, 2.05) is 30.3 Å². The molecule has 0 radical (unpaired) electrons. The predicted octanol–water partition coefficient (Wildman–Crippen LogP) is 4.61. The Morgan fingerprint density at radius 2 is 1.67 bits per heavy atom. The lowest BCUT2D eigenvalue weighted by Gasteiger charge is -2.16. The van der Waals surface area contributed by atoms with Crippen molar-refractivity contribution in [3.05, 3.63) is 82.2 Å². The van der Waals surface area contributed by atoms with Crippen LogP contribution >= 0.6 is 0 Å². The Bertz CT molecular complexity index is 1480. The minimum Gasteiger partial charge on any atom is -0.471 e.